The van der Waals surface area contributed by atoms with Crippen LogP contribution in [0.25, 0.3) is 11.1 Å². The van der Waals surface area contributed by atoms with Crippen LogP contribution < -0.4 is 4.74 Å². The van der Waals surface area contributed by atoms with E-state index in [9.17, 15) is 22.7 Å². The van der Waals surface area contributed by atoms with Gasteiger partial charge in [-0.05, 0) is 75.4 Å². The zero-order chi connectivity index (χ0) is 26.6. The molecule has 2 aliphatic heterocycles. The molecule has 10 heteroatoms. The van der Waals surface area contributed by atoms with Crippen LogP contribution in [0.5, 0.6) is 5.75 Å². The summed E-state index contributed by atoms with van der Waals surface area (Å²) in [6.45, 7) is 3.86. The van der Waals surface area contributed by atoms with Crippen LogP contribution in [0.4, 0.5) is 4.39 Å². The fourth-order valence-electron chi connectivity index (χ4n) is 4.78. The number of pyridine rings is 1. The van der Waals surface area contributed by atoms with Crippen LogP contribution >= 0.6 is 0 Å². The Kier molecular flexibility index (Phi) is 8.50. The summed E-state index contributed by atoms with van der Waals surface area (Å²) in [6.07, 6.45) is 5.32. The normalized spacial score (nSPS) is 21.4. The number of aliphatic hydroxyl groups is 1. The monoisotopic (exact) mass is 533 g/mol. The van der Waals surface area contributed by atoms with Gasteiger partial charge in [0, 0.05) is 37.7 Å². The highest BCUT2D eigenvalue weighted by molar-refractivity contribution is 7.91. The number of halogens is 1. The first kappa shape index (κ1) is 27.5. The number of amides is 1. The molecule has 0 radical (unpaired) electrons. The largest absolute Gasteiger partial charge is 0.493 e. The summed E-state index contributed by atoms with van der Waals surface area (Å²) in [6, 6.07) is 11.3. The van der Waals surface area contributed by atoms with Gasteiger partial charge in [0.05, 0.1) is 12.7 Å². The number of ether oxygens (including phenoxy) is 1. The van der Waals surface area contributed by atoms with Crippen LogP contribution in [-0.2, 0) is 9.84 Å². The molecular formula is C27H36FN3O5S. The second kappa shape index (κ2) is 11.4. The quantitative estimate of drug-likeness (QED) is 0.556. The Balaban J connectivity index is 1.25. The minimum Gasteiger partial charge on any atom is -0.493 e. The number of aromatic nitrogens is 1. The van der Waals surface area contributed by atoms with Gasteiger partial charge in [-0.2, -0.15) is 0 Å². The maximum atomic E-state index is 14.5. The fourth-order valence-corrected chi connectivity index (χ4v) is 5.19. The number of rotatable bonds is 8. The van der Waals surface area contributed by atoms with Gasteiger partial charge in [0.25, 0.3) is 5.91 Å². The van der Waals surface area contributed by atoms with Crippen molar-refractivity contribution in [3.05, 3.63) is 48.3 Å². The molecule has 2 unspecified atom stereocenters. The summed E-state index contributed by atoms with van der Waals surface area (Å²) in [5.74, 6) is 0.923. The van der Waals surface area contributed by atoms with Gasteiger partial charge in [-0.25, -0.2) is 12.8 Å². The first-order valence-corrected chi connectivity index (χ1v) is 14.7. The second-order valence-corrected chi connectivity index (χ2v) is 12.8. The van der Waals surface area contributed by atoms with E-state index in [2.05, 4.69) is 4.98 Å². The summed E-state index contributed by atoms with van der Waals surface area (Å²) in [5, 5.41) is 7.58. The fraction of sp³-hybridized carbons (Fsp3) is 0.556. The van der Waals surface area contributed by atoms with E-state index in [4.69, 9.17) is 4.74 Å². The molecule has 2 atom stereocenters. The van der Waals surface area contributed by atoms with Crippen LogP contribution in [0.3, 0.4) is 0 Å². The van der Waals surface area contributed by atoms with Gasteiger partial charge < -0.3 is 14.7 Å². The number of carbonyl (C=O) groups is 1. The van der Waals surface area contributed by atoms with Gasteiger partial charge in [-0.3, -0.25) is 14.7 Å². The number of aliphatic hydroxyl groups excluding tert-OH is 1. The molecular weight excluding hydrogens is 497 g/mol. The van der Waals surface area contributed by atoms with Crippen molar-refractivity contribution < 1.29 is 27.4 Å². The van der Waals surface area contributed by atoms with Crippen molar-refractivity contribution in [1.29, 1.82) is 0 Å². The SMILES string of the molecule is CC(F)(CN1CCC(COc2ccc(-c3ccc(C(=O)N4CCCC(O)C4)nc3)cc2)CC1)S(C)(=O)=O. The number of nitrogens with zero attached hydrogens (tertiary/aromatic N) is 3. The lowest BCUT2D eigenvalue weighted by Crippen LogP contribution is -2.46. The first-order valence-electron chi connectivity index (χ1n) is 12.8. The van der Waals surface area contributed by atoms with E-state index < -0.39 is 20.9 Å². The Hall–Kier alpha value is -2.56. The van der Waals surface area contributed by atoms with Crippen LogP contribution in [0.1, 0.15) is 43.1 Å². The number of carbonyl (C=O) groups excluding carboxylic acids is 1. The van der Waals surface area contributed by atoms with Gasteiger partial charge in [0.2, 0.25) is 5.00 Å². The molecule has 2 aliphatic rings. The van der Waals surface area contributed by atoms with Crippen LogP contribution in [0, 0.1) is 5.92 Å². The lowest BCUT2D eigenvalue weighted by atomic mass is 9.97. The van der Waals surface area contributed by atoms with E-state index in [0.717, 1.165) is 55.7 Å². The molecule has 0 saturated carbocycles. The van der Waals surface area contributed by atoms with Crippen molar-refractivity contribution in [3.8, 4) is 16.9 Å². The zero-order valence-electron chi connectivity index (χ0n) is 21.5. The molecule has 1 aromatic heterocycles. The van der Waals surface area contributed by atoms with Gasteiger partial charge in [0.1, 0.15) is 11.4 Å². The number of likely N-dealkylation sites (tertiary alicyclic amines) is 2. The van der Waals surface area contributed by atoms with Crippen molar-refractivity contribution in [2.24, 2.45) is 5.92 Å². The number of benzene rings is 1. The third kappa shape index (κ3) is 7.06. The molecule has 2 saturated heterocycles. The van der Waals surface area contributed by atoms with Crippen molar-refractivity contribution in [2.75, 3.05) is 45.6 Å². The van der Waals surface area contributed by atoms with E-state index in [-0.39, 0.29) is 12.5 Å². The Bertz CT molecular complexity index is 1160. The molecule has 4 rings (SSSR count). The van der Waals surface area contributed by atoms with Gasteiger partial charge in [-0.1, -0.05) is 18.2 Å². The van der Waals surface area contributed by atoms with Crippen LogP contribution in [-0.4, -0.2) is 90.9 Å². The molecule has 0 aliphatic carbocycles. The average Bonchev–Trinajstić information content (AvgIpc) is 2.87. The lowest BCUT2D eigenvalue weighted by molar-refractivity contribution is 0.0469. The first-order chi connectivity index (χ1) is 17.5. The molecule has 1 amide bonds. The van der Waals surface area contributed by atoms with E-state index in [1.807, 2.05) is 35.2 Å². The van der Waals surface area contributed by atoms with E-state index in [0.29, 0.717) is 44.4 Å². The topological polar surface area (TPSA) is 100 Å². The van der Waals surface area contributed by atoms with Crippen LogP contribution in [0.2, 0.25) is 0 Å². The molecule has 0 bridgehead atoms. The summed E-state index contributed by atoms with van der Waals surface area (Å²) < 4.78 is 43.7. The molecule has 8 nitrogen and oxygen atoms in total. The average molecular weight is 534 g/mol. The highest BCUT2D eigenvalue weighted by Crippen LogP contribution is 2.26. The molecule has 1 aromatic carbocycles. The number of piperidine rings is 2. The highest BCUT2D eigenvalue weighted by atomic mass is 32.2. The van der Waals surface area contributed by atoms with Crippen LogP contribution in [0.15, 0.2) is 42.6 Å². The van der Waals surface area contributed by atoms with E-state index >= 15 is 0 Å². The summed E-state index contributed by atoms with van der Waals surface area (Å²) in [7, 11) is -3.76. The van der Waals surface area contributed by atoms with E-state index in [1.165, 1.54) is 0 Å². The molecule has 2 fully saturated rings. The molecule has 1 N–H and O–H groups in total. The predicted molar refractivity (Wildman–Crippen MR) is 140 cm³/mol. The molecule has 3 heterocycles. The van der Waals surface area contributed by atoms with Crippen molar-refractivity contribution in [3.63, 3.8) is 0 Å². The van der Waals surface area contributed by atoms with E-state index in [1.54, 1.807) is 17.2 Å². The Labute approximate surface area is 218 Å². The van der Waals surface area contributed by atoms with Gasteiger partial charge >= 0.3 is 0 Å². The second-order valence-electron chi connectivity index (χ2n) is 10.4. The zero-order valence-corrected chi connectivity index (χ0v) is 22.3. The number of sulfone groups is 1. The minimum absolute atomic E-state index is 0.105. The predicted octanol–water partition coefficient (Wildman–Crippen LogP) is 3.17. The van der Waals surface area contributed by atoms with Crippen molar-refractivity contribution in [2.45, 2.75) is 43.7 Å². The summed E-state index contributed by atoms with van der Waals surface area (Å²) >= 11 is 0. The Morgan fingerprint density at radius 3 is 2.38 bits per heavy atom. The smallest absolute Gasteiger partial charge is 0.272 e. The number of hydrogen-bond donors (Lipinski definition) is 1. The molecule has 202 valence electrons. The molecule has 2 aromatic rings. The lowest BCUT2D eigenvalue weighted by Gasteiger charge is -2.34. The number of hydrogen-bond acceptors (Lipinski definition) is 7. The van der Waals surface area contributed by atoms with Crippen molar-refractivity contribution in [1.82, 2.24) is 14.8 Å². The van der Waals surface area contributed by atoms with Gasteiger partial charge in [0.15, 0.2) is 9.84 Å². The Morgan fingerprint density at radius 2 is 1.78 bits per heavy atom. The Morgan fingerprint density at radius 1 is 1.11 bits per heavy atom. The number of β-amino-alcohol motifs (C(OH)–C–C–N with tert-alkyl or cyclic N) is 1. The maximum Gasteiger partial charge on any atom is 0.272 e. The summed E-state index contributed by atoms with van der Waals surface area (Å²) in [4.78, 5) is 20.5. The third-order valence-electron chi connectivity index (χ3n) is 7.33. The molecule has 0 spiro atoms. The van der Waals surface area contributed by atoms with Gasteiger partial charge in [-0.15, -0.1) is 0 Å². The highest BCUT2D eigenvalue weighted by Gasteiger charge is 2.38. The maximum absolute atomic E-state index is 14.5. The minimum atomic E-state index is -3.76. The van der Waals surface area contributed by atoms with Crippen molar-refractivity contribution >= 4 is 15.7 Å². The standard InChI is InChI=1S/C27H36FN3O5S/c1-27(28,37(2,34)35)19-30-14-11-20(12-15-30)18-36-24-8-5-21(6-9-24)22-7-10-25(29-16-22)26(33)31-13-3-4-23(32)17-31/h5-10,16,20,23,32H,3-4,11-15,17-19H2,1-2H3. The molecule has 37 heavy (non-hydrogen) atoms. The third-order valence-corrected chi connectivity index (χ3v) is 9.00. The number of alkyl halides is 1. The summed E-state index contributed by atoms with van der Waals surface area (Å²) in [5.41, 5.74) is 2.22.